The minimum absolute atomic E-state index is 0.330. The quantitative estimate of drug-likeness (QED) is 0.764. The number of aromatic nitrogens is 2. The van der Waals surface area contributed by atoms with Gasteiger partial charge in [-0.15, -0.1) is 0 Å². The number of hydrogen-bond acceptors (Lipinski definition) is 2. The Kier molecular flexibility index (Phi) is 3.99. The minimum atomic E-state index is 0.330. The summed E-state index contributed by atoms with van der Waals surface area (Å²) in [6.07, 6.45) is 8.76. The van der Waals surface area contributed by atoms with Crippen molar-refractivity contribution in [1.82, 2.24) is 9.78 Å². The van der Waals surface area contributed by atoms with Crippen LogP contribution in [0.2, 0.25) is 0 Å². The van der Waals surface area contributed by atoms with Gasteiger partial charge in [0.25, 0.3) is 0 Å². The SMILES string of the molecule is CCC(C)OCc1ccn(C2CCCC2)n1. The first-order valence-corrected chi connectivity index (χ1v) is 6.45. The summed E-state index contributed by atoms with van der Waals surface area (Å²) >= 11 is 0. The lowest BCUT2D eigenvalue weighted by Gasteiger charge is -2.10. The Bertz CT molecular complexity index is 315. The van der Waals surface area contributed by atoms with Crippen molar-refractivity contribution >= 4 is 0 Å². The summed E-state index contributed by atoms with van der Waals surface area (Å²) in [5, 5.41) is 4.59. The van der Waals surface area contributed by atoms with E-state index in [1.165, 1.54) is 25.7 Å². The van der Waals surface area contributed by atoms with Crippen molar-refractivity contribution in [2.75, 3.05) is 0 Å². The summed E-state index contributed by atoms with van der Waals surface area (Å²) in [4.78, 5) is 0. The van der Waals surface area contributed by atoms with Crippen molar-refractivity contribution in [3.05, 3.63) is 18.0 Å². The van der Waals surface area contributed by atoms with Gasteiger partial charge < -0.3 is 4.74 Å². The lowest BCUT2D eigenvalue weighted by atomic mass is 10.3. The Morgan fingerprint density at radius 2 is 2.25 bits per heavy atom. The van der Waals surface area contributed by atoms with Crippen LogP contribution in [0.15, 0.2) is 12.3 Å². The third-order valence-electron chi connectivity index (χ3n) is 3.45. The zero-order chi connectivity index (χ0) is 11.4. The molecule has 2 rings (SSSR count). The highest BCUT2D eigenvalue weighted by atomic mass is 16.5. The number of rotatable bonds is 5. The van der Waals surface area contributed by atoms with Gasteiger partial charge in [-0.2, -0.15) is 5.10 Å². The normalized spacial score (nSPS) is 19.1. The number of hydrogen-bond donors (Lipinski definition) is 0. The van der Waals surface area contributed by atoms with Crippen LogP contribution in [-0.2, 0) is 11.3 Å². The van der Waals surface area contributed by atoms with Gasteiger partial charge in [-0.05, 0) is 32.3 Å². The molecule has 0 N–H and O–H groups in total. The summed E-state index contributed by atoms with van der Waals surface area (Å²) in [6.45, 7) is 4.89. The Morgan fingerprint density at radius 3 is 2.94 bits per heavy atom. The first-order chi connectivity index (χ1) is 7.79. The fraction of sp³-hybridized carbons (Fsp3) is 0.769. The highest BCUT2D eigenvalue weighted by Gasteiger charge is 2.17. The molecule has 1 aromatic heterocycles. The maximum Gasteiger partial charge on any atom is 0.0910 e. The average Bonchev–Trinajstić information content (AvgIpc) is 2.95. The third-order valence-corrected chi connectivity index (χ3v) is 3.45. The standard InChI is InChI=1S/C13H22N2O/c1-3-11(2)16-10-12-8-9-15(14-12)13-6-4-5-7-13/h8-9,11,13H,3-7,10H2,1-2H3. The molecule has 0 aromatic carbocycles. The van der Waals surface area contributed by atoms with Crippen LogP contribution in [0.3, 0.4) is 0 Å². The predicted molar refractivity (Wildman–Crippen MR) is 64.3 cm³/mol. The molecule has 1 aliphatic rings. The van der Waals surface area contributed by atoms with Gasteiger partial charge in [-0.25, -0.2) is 0 Å². The van der Waals surface area contributed by atoms with Gasteiger partial charge in [0.1, 0.15) is 0 Å². The minimum Gasteiger partial charge on any atom is -0.372 e. The lowest BCUT2D eigenvalue weighted by Crippen LogP contribution is -2.08. The zero-order valence-corrected chi connectivity index (χ0v) is 10.4. The van der Waals surface area contributed by atoms with E-state index in [1.54, 1.807) is 0 Å². The summed E-state index contributed by atoms with van der Waals surface area (Å²) < 4.78 is 7.80. The summed E-state index contributed by atoms with van der Waals surface area (Å²) in [5.41, 5.74) is 1.06. The van der Waals surface area contributed by atoms with Crippen molar-refractivity contribution in [3.8, 4) is 0 Å². The van der Waals surface area contributed by atoms with E-state index in [2.05, 4.69) is 35.9 Å². The topological polar surface area (TPSA) is 27.1 Å². The van der Waals surface area contributed by atoms with E-state index in [1.807, 2.05) is 0 Å². The maximum absolute atomic E-state index is 5.68. The van der Waals surface area contributed by atoms with Gasteiger partial charge in [-0.1, -0.05) is 19.8 Å². The molecule has 0 aliphatic heterocycles. The number of nitrogens with zero attached hydrogens (tertiary/aromatic N) is 2. The van der Waals surface area contributed by atoms with Gasteiger partial charge in [0.2, 0.25) is 0 Å². The van der Waals surface area contributed by atoms with Crippen LogP contribution in [0.1, 0.15) is 57.7 Å². The van der Waals surface area contributed by atoms with Crippen molar-refractivity contribution in [2.45, 2.75) is 64.7 Å². The van der Waals surface area contributed by atoms with E-state index < -0.39 is 0 Å². The van der Waals surface area contributed by atoms with Crippen LogP contribution in [-0.4, -0.2) is 15.9 Å². The molecule has 0 amide bonds. The molecule has 16 heavy (non-hydrogen) atoms. The second-order valence-corrected chi connectivity index (χ2v) is 4.76. The molecule has 3 nitrogen and oxygen atoms in total. The maximum atomic E-state index is 5.68. The molecule has 0 saturated heterocycles. The van der Waals surface area contributed by atoms with Gasteiger partial charge in [0, 0.05) is 6.20 Å². The van der Waals surface area contributed by atoms with Crippen LogP contribution in [0.5, 0.6) is 0 Å². The van der Waals surface area contributed by atoms with Crippen molar-refractivity contribution in [3.63, 3.8) is 0 Å². The van der Waals surface area contributed by atoms with Gasteiger partial charge in [0.15, 0.2) is 0 Å². The molecular weight excluding hydrogens is 200 g/mol. The highest BCUT2D eigenvalue weighted by Crippen LogP contribution is 2.28. The van der Waals surface area contributed by atoms with E-state index in [9.17, 15) is 0 Å². The summed E-state index contributed by atoms with van der Waals surface area (Å²) in [6, 6.07) is 2.72. The van der Waals surface area contributed by atoms with Gasteiger partial charge in [0.05, 0.1) is 24.4 Å². The fourth-order valence-electron chi connectivity index (χ4n) is 2.17. The Labute approximate surface area is 97.8 Å². The molecule has 1 unspecified atom stereocenters. The van der Waals surface area contributed by atoms with Crippen LogP contribution in [0, 0.1) is 0 Å². The number of ether oxygens (including phenoxy) is 1. The molecule has 1 saturated carbocycles. The van der Waals surface area contributed by atoms with E-state index in [-0.39, 0.29) is 0 Å². The molecule has 90 valence electrons. The van der Waals surface area contributed by atoms with Crippen LogP contribution < -0.4 is 0 Å². The van der Waals surface area contributed by atoms with Gasteiger partial charge in [-0.3, -0.25) is 4.68 Å². The van der Waals surface area contributed by atoms with Crippen LogP contribution >= 0.6 is 0 Å². The lowest BCUT2D eigenvalue weighted by molar-refractivity contribution is 0.0485. The largest absolute Gasteiger partial charge is 0.372 e. The zero-order valence-electron chi connectivity index (χ0n) is 10.4. The molecule has 1 fully saturated rings. The first kappa shape index (κ1) is 11.6. The van der Waals surface area contributed by atoms with E-state index in [0.29, 0.717) is 18.8 Å². The van der Waals surface area contributed by atoms with E-state index in [0.717, 1.165) is 12.1 Å². The highest BCUT2D eigenvalue weighted by molar-refractivity contribution is 4.98. The average molecular weight is 222 g/mol. The monoisotopic (exact) mass is 222 g/mol. The van der Waals surface area contributed by atoms with E-state index >= 15 is 0 Å². The molecule has 1 heterocycles. The Hall–Kier alpha value is -0.830. The molecule has 0 radical (unpaired) electrons. The predicted octanol–water partition coefficient (Wildman–Crippen LogP) is 3.31. The summed E-state index contributed by atoms with van der Waals surface area (Å²) in [5.74, 6) is 0. The Morgan fingerprint density at radius 1 is 1.50 bits per heavy atom. The molecule has 0 spiro atoms. The van der Waals surface area contributed by atoms with Crippen LogP contribution in [0.4, 0.5) is 0 Å². The van der Waals surface area contributed by atoms with Crippen LogP contribution in [0.25, 0.3) is 0 Å². The fourth-order valence-corrected chi connectivity index (χ4v) is 2.17. The Balaban J connectivity index is 1.86. The smallest absolute Gasteiger partial charge is 0.0910 e. The second-order valence-electron chi connectivity index (χ2n) is 4.76. The second kappa shape index (κ2) is 5.48. The molecule has 1 aliphatic carbocycles. The van der Waals surface area contributed by atoms with E-state index in [4.69, 9.17) is 4.74 Å². The van der Waals surface area contributed by atoms with Gasteiger partial charge >= 0.3 is 0 Å². The molecule has 1 aromatic rings. The first-order valence-electron chi connectivity index (χ1n) is 6.45. The molecule has 1 atom stereocenters. The van der Waals surface area contributed by atoms with Crippen molar-refractivity contribution < 1.29 is 4.74 Å². The summed E-state index contributed by atoms with van der Waals surface area (Å²) in [7, 11) is 0. The third kappa shape index (κ3) is 2.85. The van der Waals surface area contributed by atoms with Crippen molar-refractivity contribution in [2.24, 2.45) is 0 Å². The molecule has 3 heteroatoms. The molecular formula is C13H22N2O. The molecule has 0 bridgehead atoms. The van der Waals surface area contributed by atoms with Crippen molar-refractivity contribution in [1.29, 1.82) is 0 Å².